The summed E-state index contributed by atoms with van der Waals surface area (Å²) in [7, 11) is 0. The predicted octanol–water partition coefficient (Wildman–Crippen LogP) is 10.4. The molecule has 196 valence electrons. The molecule has 3 aromatic heterocycles. The van der Waals surface area contributed by atoms with Gasteiger partial charge in [-0.2, -0.15) is 0 Å². The lowest BCUT2D eigenvalue weighted by atomic mass is 10.0. The summed E-state index contributed by atoms with van der Waals surface area (Å²) in [4.78, 5) is 10.4. The van der Waals surface area contributed by atoms with Gasteiger partial charge < -0.3 is 4.57 Å². The van der Waals surface area contributed by atoms with E-state index in [2.05, 4.69) is 132 Å². The summed E-state index contributed by atoms with van der Waals surface area (Å²) >= 11 is 1.88. The minimum Gasteiger partial charge on any atom is -0.309 e. The Labute approximate surface area is 246 Å². The summed E-state index contributed by atoms with van der Waals surface area (Å²) in [6, 6.07) is 49.2. The zero-order chi connectivity index (χ0) is 27.6. The van der Waals surface area contributed by atoms with Gasteiger partial charge in [0.2, 0.25) is 0 Å². The summed E-state index contributed by atoms with van der Waals surface area (Å²) < 4.78 is 5.03. The molecule has 0 aliphatic carbocycles. The molecule has 0 saturated carbocycles. The number of para-hydroxylation sites is 1. The van der Waals surface area contributed by atoms with Gasteiger partial charge in [0, 0.05) is 47.8 Å². The van der Waals surface area contributed by atoms with Crippen LogP contribution in [0, 0.1) is 0 Å². The molecule has 0 unspecified atom stereocenters. The van der Waals surface area contributed by atoms with Crippen LogP contribution in [-0.4, -0.2) is 14.5 Å². The fourth-order valence-corrected chi connectivity index (χ4v) is 7.55. The number of thiophene rings is 1. The number of hydrogen-bond acceptors (Lipinski definition) is 3. The fourth-order valence-electron chi connectivity index (χ4n) is 6.29. The molecule has 9 aromatic rings. The third kappa shape index (κ3) is 3.46. The zero-order valence-corrected chi connectivity index (χ0v) is 23.3. The molecule has 3 heterocycles. The highest BCUT2D eigenvalue weighted by Crippen LogP contribution is 2.43. The van der Waals surface area contributed by atoms with Gasteiger partial charge in [-0.15, -0.1) is 11.3 Å². The first-order chi connectivity index (χ1) is 20.8. The maximum atomic E-state index is 5.26. The lowest BCUT2D eigenvalue weighted by molar-refractivity contribution is 1.18. The Bertz CT molecular complexity index is 2460. The highest BCUT2D eigenvalue weighted by Gasteiger charge is 2.18. The van der Waals surface area contributed by atoms with Crippen molar-refractivity contribution in [3.05, 3.63) is 140 Å². The van der Waals surface area contributed by atoms with Crippen molar-refractivity contribution in [1.29, 1.82) is 0 Å². The maximum absolute atomic E-state index is 5.26. The van der Waals surface area contributed by atoms with Gasteiger partial charge in [-0.25, -0.2) is 9.97 Å². The van der Waals surface area contributed by atoms with Crippen molar-refractivity contribution in [2.45, 2.75) is 0 Å². The van der Waals surface area contributed by atoms with Gasteiger partial charge in [0.25, 0.3) is 0 Å². The molecule has 0 spiro atoms. The van der Waals surface area contributed by atoms with Crippen molar-refractivity contribution in [1.82, 2.24) is 14.5 Å². The Morgan fingerprint density at radius 2 is 1.12 bits per heavy atom. The molecule has 0 bridgehead atoms. The van der Waals surface area contributed by atoms with E-state index >= 15 is 0 Å². The van der Waals surface area contributed by atoms with E-state index in [-0.39, 0.29) is 0 Å². The molecular weight excluding hydrogens is 531 g/mol. The molecule has 3 nitrogen and oxygen atoms in total. The van der Waals surface area contributed by atoms with E-state index < -0.39 is 0 Å². The molecule has 0 amide bonds. The first-order valence-electron chi connectivity index (χ1n) is 14.1. The summed E-state index contributed by atoms with van der Waals surface area (Å²) in [6.45, 7) is 0. The van der Waals surface area contributed by atoms with E-state index in [1.54, 1.807) is 0 Å². The quantitative estimate of drug-likeness (QED) is 0.218. The van der Waals surface area contributed by atoms with Crippen LogP contribution in [0.2, 0.25) is 0 Å². The average Bonchev–Trinajstić information content (AvgIpc) is 3.60. The molecule has 9 rings (SSSR count). The number of hydrogen-bond donors (Lipinski definition) is 0. The largest absolute Gasteiger partial charge is 0.309 e. The normalized spacial score (nSPS) is 11.8. The average molecular weight is 554 g/mol. The first kappa shape index (κ1) is 23.4. The molecular formula is C38H23N3S. The van der Waals surface area contributed by atoms with Crippen LogP contribution in [0.1, 0.15) is 0 Å². The first-order valence-corrected chi connectivity index (χ1v) is 14.9. The third-order valence-electron chi connectivity index (χ3n) is 8.18. The molecule has 0 fully saturated rings. The van der Waals surface area contributed by atoms with Crippen molar-refractivity contribution in [3.63, 3.8) is 0 Å². The Balaban J connectivity index is 1.33. The fraction of sp³-hybridized carbons (Fsp3) is 0. The number of fused-ring (bicyclic) bond motifs is 8. The van der Waals surface area contributed by atoms with Crippen LogP contribution < -0.4 is 0 Å². The second-order valence-electron chi connectivity index (χ2n) is 10.6. The molecule has 0 aliphatic heterocycles. The standard InChI is InChI=1S/C38H23N3S/c1-3-11-24(12-4-1)36-37(25-13-5-2-6-14-25)40-31-23-26(19-21-30(31)39-36)41-32-17-9-7-16-29(32)35-33(41)22-20-28-27-15-8-10-18-34(27)42-38(28)35/h1-23H. The van der Waals surface area contributed by atoms with Crippen LogP contribution in [0.25, 0.3) is 81.2 Å². The highest BCUT2D eigenvalue weighted by molar-refractivity contribution is 7.26. The molecule has 0 saturated heterocycles. The minimum absolute atomic E-state index is 0.875. The maximum Gasteiger partial charge on any atom is 0.0973 e. The van der Waals surface area contributed by atoms with Crippen LogP contribution in [0.4, 0.5) is 0 Å². The molecule has 4 heteroatoms. The summed E-state index contributed by atoms with van der Waals surface area (Å²) in [5, 5.41) is 5.20. The third-order valence-corrected chi connectivity index (χ3v) is 9.38. The van der Waals surface area contributed by atoms with E-state index in [0.717, 1.165) is 39.2 Å². The molecule has 0 N–H and O–H groups in total. The van der Waals surface area contributed by atoms with Crippen molar-refractivity contribution >= 4 is 64.3 Å². The van der Waals surface area contributed by atoms with E-state index in [0.29, 0.717) is 0 Å². The Morgan fingerprint density at radius 3 is 1.88 bits per heavy atom. The molecule has 6 aromatic carbocycles. The highest BCUT2D eigenvalue weighted by atomic mass is 32.1. The van der Waals surface area contributed by atoms with E-state index in [9.17, 15) is 0 Å². The SMILES string of the molecule is c1ccc(-c2nc3ccc(-n4c5ccccc5c5c6sc7ccccc7c6ccc54)cc3nc2-c2ccccc2)cc1. The second-order valence-corrected chi connectivity index (χ2v) is 11.7. The summed E-state index contributed by atoms with van der Waals surface area (Å²) in [5.74, 6) is 0. The molecule has 42 heavy (non-hydrogen) atoms. The van der Waals surface area contributed by atoms with Gasteiger partial charge in [-0.3, -0.25) is 0 Å². The predicted molar refractivity (Wildman–Crippen MR) is 178 cm³/mol. The van der Waals surface area contributed by atoms with Crippen molar-refractivity contribution in [2.75, 3.05) is 0 Å². The van der Waals surface area contributed by atoms with Gasteiger partial charge in [0.15, 0.2) is 0 Å². The summed E-state index contributed by atoms with van der Waals surface area (Å²) in [5.41, 5.74) is 9.12. The lowest BCUT2D eigenvalue weighted by Gasteiger charge is -2.13. The Morgan fingerprint density at radius 1 is 0.476 bits per heavy atom. The number of aromatic nitrogens is 3. The van der Waals surface area contributed by atoms with E-state index in [1.807, 2.05) is 23.5 Å². The molecule has 0 aliphatic rings. The monoisotopic (exact) mass is 553 g/mol. The van der Waals surface area contributed by atoms with Gasteiger partial charge >= 0.3 is 0 Å². The van der Waals surface area contributed by atoms with Gasteiger partial charge in [0.05, 0.1) is 33.5 Å². The molecule has 0 atom stereocenters. The van der Waals surface area contributed by atoms with Gasteiger partial charge in [-0.05, 0) is 36.4 Å². The van der Waals surface area contributed by atoms with Gasteiger partial charge in [-0.1, -0.05) is 103 Å². The Hall–Kier alpha value is -5.32. The minimum atomic E-state index is 0.875. The number of benzene rings is 6. The van der Waals surface area contributed by atoms with E-state index in [4.69, 9.17) is 9.97 Å². The lowest BCUT2D eigenvalue weighted by Crippen LogP contribution is -1.98. The van der Waals surface area contributed by atoms with Gasteiger partial charge in [0.1, 0.15) is 0 Å². The number of nitrogens with zero attached hydrogens (tertiary/aromatic N) is 3. The Kier molecular flexibility index (Phi) is 5.07. The van der Waals surface area contributed by atoms with E-state index in [1.165, 1.54) is 42.0 Å². The zero-order valence-electron chi connectivity index (χ0n) is 22.5. The van der Waals surface area contributed by atoms with Crippen molar-refractivity contribution in [3.8, 4) is 28.2 Å². The van der Waals surface area contributed by atoms with Crippen LogP contribution in [0.3, 0.4) is 0 Å². The van der Waals surface area contributed by atoms with Crippen molar-refractivity contribution < 1.29 is 0 Å². The van der Waals surface area contributed by atoms with Crippen molar-refractivity contribution in [2.24, 2.45) is 0 Å². The molecule has 0 radical (unpaired) electrons. The number of rotatable bonds is 3. The smallest absolute Gasteiger partial charge is 0.0973 e. The topological polar surface area (TPSA) is 30.7 Å². The second kappa shape index (κ2) is 9.10. The van der Waals surface area contributed by atoms with Crippen LogP contribution in [0.5, 0.6) is 0 Å². The van der Waals surface area contributed by atoms with Crippen LogP contribution >= 0.6 is 11.3 Å². The summed E-state index contributed by atoms with van der Waals surface area (Å²) in [6.07, 6.45) is 0. The van der Waals surface area contributed by atoms with Crippen LogP contribution in [0.15, 0.2) is 140 Å². The van der Waals surface area contributed by atoms with Crippen LogP contribution in [-0.2, 0) is 0 Å².